The molecule has 0 spiro atoms. The van der Waals surface area contributed by atoms with Crippen molar-refractivity contribution in [1.82, 2.24) is 40.0 Å². The highest BCUT2D eigenvalue weighted by Crippen LogP contribution is 2.34. The van der Waals surface area contributed by atoms with Crippen molar-refractivity contribution < 1.29 is 8.81 Å². The van der Waals surface area contributed by atoms with Crippen LogP contribution in [0.1, 0.15) is 18.4 Å². The summed E-state index contributed by atoms with van der Waals surface area (Å²) in [5, 5.41) is 7.56. The first-order valence-corrected chi connectivity index (χ1v) is 11.8. The quantitative estimate of drug-likeness (QED) is 0.359. The third kappa shape index (κ3) is 3.45. The molecule has 6 aromatic rings. The van der Waals surface area contributed by atoms with Crippen molar-refractivity contribution in [3.05, 3.63) is 66.9 Å². The summed E-state index contributed by atoms with van der Waals surface area (Å²) in [5.41, 5.74) is 5.75. The van der Waals surface area contributed by atoms with Crippen molar-refractivity contribution in [3.63, 3.8) is 0 Å². The lowest BCUT2D eigenvalue weighted by molar-refractivity contribution is 0.331. The van der Waals surface area contributed by atoms with Crippen LogP contribution in [0.5, 0.6) is 0 Å². The number of likely N-dealkylation sites (tertiary alicyclic amines) is 1. The zero-order valence-corrected chi connectivity index (χ0v) is 19.2. The summed E-state index contributed by atoms with van der Waals surface area (Å²) in [4.78, 5) is 23.4. The van der Waals surface area contributed by atoms with Crippen LogP contribution >= 0.6 is 0 Å². The number of fused-ring (bicyclic) bond motifs is 2. The maximum atomic E-state index is 16.0. The monoisotopic (exact) mass is 480 g/mol. The van der Waals surface area contributed by atoms with Gasteiger partial charge >= 0.3 is 0 Å². The van der Waals surface area contributed by atoms with E-state index in [1.807, 2.05) is 24.4 Å². The number of aromatic nitrogens is 7. The summed E-state index contributed by atoms with van der Waals surface area (Å²) < 4.78 is 21.2. The van der Waals surface area contributed by atoms with Crippen molar-refractivity contribution in [2.45, 2.75) is 19.4 Å². The van der Waals surface area contributed by atoms with Crippen LogP contribution in [0, 0.1) is 5.82 Å². The number of hydrogen-bond donors (Lipinski definition) is 2. The predicted molar refractivity (Wildman–Crippen MR) is 132 cm³/mol. The summed E-state index contributed by atoms with van der Waals surface area (Å²) in [6.45, 7) is 2.96. The third-order valence-electron chi connectivity index (χ3n) is 6.67. The molecule has 0 bridgehead atoms. The Hall–Kier alpha value is -4.44. The molecule has 7 rings (SSSR count). The standard InChI is InChI=1S/C26H21FN8O/c27-21-20-19(12-30-22(21)17-9-15(10-28-11-17)13-35-6-1-2-7-35)33-34-24(20)26-31-23-18(16-4-8-36-14-16)3-5-29-25(23)32-26/h3-5,8-12,14H,1-2,6-7,13H2,(H,33,34)(H,29,31,32). The van der Waals surface area contributed by atoms with E-state index in [0.717, 1.165) is 41.8 Å². The Labute approximate surface area is 204 Å². The third-order valence-corrected chi connectivity index (χ3v) is 6.67. The fourth-order valence-electron chi connectivity index (χ4n) is 4.93. The van der Waals surface area contributed by atoms with Crippen molar-refractivity contribution in [2.24, 2.45) is 0 Å². The number of rotatable bonds is 5. The van der Waals surface area contributed by atoms with Crippen LogP contribution in [0.3, 0.4) is 0 Å². The van der Waals surface area contributed by atoms with Crippen LogP contribution < -0.4 is 0 Å². The number of furan rings is 1. The second-order valence-electron chi connectivity index (χ2n) is 9.00. The molecular weight excluding hydrogens is 459 g/mol. The van der Waals surface area contributed by atoms with Crippen LogP contribution in [0.2, 0.25) is 0 Å². The van der Waals surface area contributed by atoms with Gasteiger partial charge in [-0.3, -0.25) is 20.0 Å². The molecule has 1 aliphatic heterocycles. The molecule has 1 aliphatic rings. The Kier molecular flexibility index (Phi) is 4.84. The Bertz CT molecular complexity index is 1700. The maximum absolute atomic E-state index is 16.0. The summed E-state index contributed by atoms with van der Waals surface area (Å²) in [6.07, 6.45) is 12.4. The lowest BCUT2D eigenvalue weighted by Crippen LogP contribution is -2.18. The molecule has 10 heteroatoms. The van der Waals surface area contributed by atoms with Crippen LogP contribution in [0.25, 0.3) is 56.0 Å². The fraction of sp³-hybridized carbons (Fsp3) is 0.192. The van der Waals surface area contributed by atoms with Gasteiger partial charge in [0.2, 0.25) is 0 Å². The number of aromatic amines is 2. The molecule has 0 radical (unpaired) electrons. The van der Waals surface area contributed by atoms with Gasteiger partial charge < -0.3 is 9.40 Å². The number of imidazole rings is 1. The summed E-state index contributed by atoms with van der Waals surface area (Å²) >= 11 is 0. The molecule has 0 aromatic carbocycles. The van der Waals surface area contributed by atoms with Crippen LogP contribution in [0.15, 0.2) is 59.9 Å². The van der Waals surface area contributed by atoms with E-state index in [2.05, 4.69) is 40.0 Å². The highest BCUT2D eigenvalue weighted by molar-refractivity contribution is 5.97. The number of H-pyrrole nitrogens is 2. The van der Waals surface area contributed by atoms with Crippen LogP contribution in [-0.2, 0) is 6.54 Å². The van der Waals surface area contributed by atoms with E-state index >= 15 is 4.39 Å². The van der Waals surface area contributed by atoms with Gasteiger partial charge in [0.25, 0.3) is 0 Å². The molecule has 9 nitrogen and oxygen atoms in total. The van der Waals surface area contributed by atoms with Gasteiger partial charge in [-0.15, -0.1) is 0 Å². The molecule has 178 valence electrons. The van der Waals surface area contributed by atoms with E-state index < -0.39 is 5.82 Å². The Balaban J connectivity index is 1.32. The Morgan fingerprint density at radius 1 is 1.03 bits per heavy atom. The van der Waals surface area contributed by atoms with Gasteiger partial charge in [0.1, 0.15) is 11.4 Å². The molecule has 2 N–H and O–H groups in total. The molecule has 0 unspecified atom stereocenters. The highest BCUT2D eigenvalue weighted by Gasteiger charge is 2.22. The first-order valence-electron chi connectivity index (χ1n) is 11.8. The van der Waals surface area contributed by atoms with E-state index in [-0.39, 0.29) is 5.69 Å². The number of pyridine rings is 3. The minimum Gasteiger partial charge on any atom is -0.472 e. The highest BCUT2D eigenvalue weighted by atomic mass is 19.1. The second kappa shape index (κ2) is 8.35. The molecule has 0 amide bonds. The average Bonchev–Trinajstić information content (AvgIpc) is 3.70. The van der Waals surface area contributed by atoms with Crippen molar-refractivity contribution in [1.29, 1.82) is 0 Å². The zero-order valence-electron chi connectivity index (χ0n) is 19.2. The molecule has 0 aliphatic carbocycles. The molecule has 6 aromatic heterocycles. The smallest absolute Gasteiger partial charge is 0.178 e. The van der Waals surface area contributed by atoms with E-state index in [4.69, 9.17) is 4.42 Å². The SMILES string of the molecule is Fc1c(-c2cncc(CN3CCCC3)c2)ncc2[nH]nc(-c3nc4nccc(-c5ccoc5)c4[nH]3)c12. The van der Waals surface area contributed by atoms with Gasteiger partial charge in [0.05, 0.1) is 35.1 Å². The van der Waals surface area contributed by atoms with Crippen molar-refractivity contribution >= 4 is 22.1 Å². The Morgan fingerprint density at radius 3 is 2.81 bits per heavy atom. The summed E-state index contributed by atoms with van der Waals surface area (Å²) in [6, 6.07) is 5.70. The largest absolute Gasteiger partial charge is 0.472 e. The number of nitrogens with zero attached hydrogens (tertiary/aromatic N) is 6. The van der Waals surface area contributed by atoms with Crippen LogP contribution in [-0.4, -0.2) is 53.1 Å². The number of halogens is 1. The van der Waals surface area contributed by atoms with E-state index in [0.29, 0.717) is 33.6 Å². The first kappa shape index (κ1) is 20.9. The lowest BCUT2D eigenvalue weighted by atomic mass is 10.1. The van der Waals surface area contributed by atoms with Crippen molar-refractivity contribution in [3.8, 4) is 33.9 Å². The van der Waals surface area contributed by atoms with Crippen molar-refractivity contribution in [2.75, 3.05) is 13.1 Å². The molecule has 0 atom stereocenters. The van der Waals surface area contributed by atoms with E-state index in [1.165, 1.54) is 12.8 Å². The second-order valence-corrected chi connectivity index (χ2v) is 9.00. The van der Waals surface area contributed by atoms with Gasteiger partial charge in [-0.25, -0.2) is 14.4 Å². The van der Waals surface area contributed by atoms with E-state index in [1.54, 1.807) is 31.1 Å². The van der Waals surface area contributed by atoms with Gasteiger partial charge in [-0.2, -0.15) is 5.10 Å². The maximum Gasteiger partial charge on any atom is 0.178 e. The van der Waals surface area contributed by atoms with Crippen LogP contribution in [0.4, 0.5) is 4.39 Å². The minimum absolute atomic E-state index is 0.231. The number of hydrogen-bond acceptors (Lipinski definition) is 7. The Morgan fingerprint density at radius 2 is 1.94 bits per heavy atom. The van der Waals surface area contributed by atoms with Gasteiger partial charge in [-0.05, 0) is 49.7 Å². The lowest BCUT2D eigenvalue weighted by Gasteiger charge is -2.14. The van der Waals surface area contributed by atoms with E-state index in [9.17, 15) is 0 Å². The normalized spacial score (nSPS) is 14.4. The molecule has 1 fully saturated rings. The first-order chi connectivity index (χ1) is 17.7. The molecule has 7 heterocycles. The van der Waals surface area contributed by atoms with Gasteiger partial charge in [0, 0.05) is 41.8 Å². The predicted octanol–water partition coefficient (Wildman–Crippen LogP) is 4.95. The zero-order chi connectivity index (χ0) is 24.1. The molecule has 36 heavy (non-hydrogen) atoms. The topological polar surface area (TPSA) is 112 Å². The minimum atomic E-state index is -0.472. The van der Waals surface area contributed by atoms with Gasteiger partial charge in [0.15, 0.2) is 17.3 Å². The average molecular weight is 481 g/mol. The summed E-state index contributed by atoms with van der Waals surface area (Å²) in [7, 11) is 0. The van der Waals surface area contributed by atoms with Gasteiger partial charge in [-0.1, -0.05) is 0 Å². The molecule has 0 saturated carbocycles. The number of nitrogens with one attached hydrogen (secondary N) is 2. The molecular formula is C26H21FN8O. The molecule has 1 saturated heterocycles. The summed E-state index contributed by atoms with van der Waals surface area (Å²) in [5.74, 6) is -0.0588. The fourth-order valence-corrected chi connectivity index (χ4v) is 4.93.